The van der Waals surface area contributed by atoms with Crippen molar-refractivity contribution in [2.24, 2.45) is 0 Å². The SMILES string of the molecule is [B]c1c(F)c(F)c2nc(F)c(F)c(F)c2c1F. The first-order valence-electron chi connectivity index (χ1n) is 4.12. The van der Waals surface area contributed by atoms with Gasteiger partial charge in [0.2, 0.25) is 5.82 Å². The van der Waals surface area contributed by atoms with Crippen molar-refractivity contribution >= 4 is 24.2 Å². The van der Waals surface area contributed by atoms with Crippen molar-refractivity contribution in [3.63, 3.8) is 0 Å². The summed E-state index contributed by atoms with van der Waals surface area (Å²) in [5.74, 6) is -11.5. The Balaban J connectivity index is 3.12. The number of rotatable bonds is 0. The van der Waals surface area contributed by atoms with Gasteiger partial charge in [-0.2, -0.15) is 8.78 Å². The summed E-state index contributed by atoms with van der Waals surface area (Å²) in [6, 6.07) is 0. The Bertz CT molecular complexity index is 633. The van der Waals surface area contributed by atoms with Crippen molar-refractivity contribution in [2.45, 2.75) is 0 Å². The number of benzene rings is 1. The molecule has 2 aromatic rings. The van der Waals surface area contributed by atoms with Gasteiger partial charge in [0.15, 0.2) is 17.5 Å². The molecule has 0 amide bonds. The monoisotopic (exact) mass is 247 g/mol. The van der Waals surface area contributed by atoms with Crippen LogP contribution in [0.3, 0.4) is 0 Å². The van der Waals surface area contributed by atoms with Gasteiger partial charge in [0, 0.05) is 0 Å². The topological polar surface area (TPSA) is 12.9 Å². The van der Waals surface area contributed by atoms with Gasteiger partial charge in [-0.15, -0.1) is 0 Å². The van der Waals surface area contributed by atoms with Gasteiger partial charge in [-0.3, -0.25) is 0 Å². The average molecular weight is 247 g/mol. The minimum Gasteiger partial charge on any atom is -0.214 e. The Kier molecular flexibility index (Phi) is 2.52. The maximum Gasteiger partial charge on any atom is 0.252 e. The molecular weight excluding hydrogens is 247 g/mol. The van der Waals surface area contributed by atoms with Gasteiger partial charge in [0.05, 0.1) is 5.39 Å². The van der Waals surface area contributed by atoms with Crippen molar-refractivity contribution in [2.75, 3.05) is 0 Å². The molecule has 0 fully saturated rings. The van der Waals surface area contributed by atoms with E-state index in [0.717, 1.165) is 0 Å². The van der Waals surface area contributed by atoms with E-state index in [1.807, 2.05) is 0 Å². The molecule has 1 nitrogen and oxygen atoms in total. The number of hydrogen-bond donors (Lipinski definition) is 0. The zero-order chi connectivity index (χ0) is 12.9. The molecule has 2 radical (unpaired) electrons. The average Bonchev–Trinajstić information content (AvgIpc) is 2.30. The van der Waals surface area contributed by atoms with Crippen LogP contribution in [0.1, 0.15) is 0 Å². The lowest BCUT2D eigenvalue weighted by molar-refractivity contribution is 0.429. The summed E-state index contributed by atoms with van der Waals surface area (Å²) >= 11 is 0. The van der Waals surface area contributed by atoms with Gasteiger partial charge < -0.3 is 0 Å². The van der Waals surface area contributed by atoms with E-state index in [1.165, 1.54) is 0 Å². The molecule has 0 spiro atoms. The molecule has 86 valence electrons. The summed E-state index contributed by atoms with van der Waals surface area (Å²) in [4.78, 5) is 2.61. The summed E-state index contributed by atoms with van der Waals surface area (Å²) in [5, 5.41) is -1.33. The van der Waals surface area contributed by atoms with Crippen LogP contribution < -0.4 is 5.46 Å². The Labute approximate surface area is 91.5 Å². The van der Waals surface area contributed by atoms with E-state index in [2.05, 4.69) is 4.98 Å². The van der Waals surface area contributed by atoms with Crippen molar-refractivity contribution in [3.05, 3.63) is 35.0 Å². The molecule has 1 heterocycles. The minimum absolute atomic E-state index is 1.30. The highest BCUT2D eigenvalue weighted by Crippen LogP contribution is 2.25. The van der Waals surface area contributed by atoms with E-state index in [-0.39, 0.29) is 0 Å². The molecule has 0 N–H and O–H groups in total. The predicted octanol–water partition coefficient (Wildman–Crippen LogP) is 1.86. The van der Waals surface area contributed by atoms with Crippen LogP contribution in [0.5, 0.6) is 0 Å². The Hall–Kier alpha value is -1.73. The highest BCUT2D eigenvalue weighted by atomic mass is 19.2. The largest absolute Gasteiger partial charge is 0.252 e. The van der Waals surface area contributed by atoms with Crippen LogP contribution >= 0.6 is 0 Å². The third kappa shape index (κ3) is 1.47. The first-order chi connectivity index (χ1) is 7.86. The number of hydrogen-bond acceptors (Lipinski definition) is 1. The Morgan fingerprint density at radius 3 is 1.88 bits per heavy atom. The lowest BCUT2D eigenvalue weighted by atomic mass is 9.92. The van der Waals surface area contributed by atoms with E-state index in [4.69, 9.17) is 7.85 Å². The van der Waals surface area contributed by atoms with Crippen molar-refractivity contribution < 1.29 is 26.3 Å². The maximum atomic E-state index is 13.3. The molecule has 1 aromatic carbocycles. The minimum atomic E-state index is -2.10. The zero-order valence-electron chi connectivity index (χ0n) is 7.79. The van der Waals surface area contributed by atoms with E-state index >= 15 is 0 Å². The van der Waals surface area contributed by atoms with Gasteiger partial charge in [-0.1, -0.05) is 0 Å². The second-order valence-electron chi connectivity index (χ2n) is 3.11. The summed E-state index contributed by atoms with van der Waals surface area (Å²) in [5.41, 5.74) is -2.63. The standard InChI is InChI=1S/C9BF6N/c10-2-3(11)1-4(12)7(15)9(16)17-8(1)6(14)5(2)13. The lowest BCUT2D eigenvalue weighted by Crippen LogP contribution is -2.19. The molecule has 0 atom stereocenters. The molecule has 0 saturated heterocycles. The van der Waals surface area contributed by atoms with Crippen LogP contribution in [-0.4, -0.2) is 12.8 Å². The highest BCUT2D eigenvalue weighted by Gasteiger charge is 2.25. The third-order valence-corrected chi connectivity index (χ3v) is 2.13. The molecule has 1 aromatic heterocycles. The molecule has 0 saturated carbocycles. The molecule has 0 bridgehead atoms. The number of halogens is 6. The summed E-state index contributed by atoms with van der Waals surface area (Å²) in [7, 11) is 4.81. The third-order valence-electron chi connectivity index (χ3n) is 2.13. The summed E-state index contributed by atoms with van der Waals surface area (Å²) < 4.78 is 78.1. The fourth-order valence-corrected chi connectivity index (χ4v) is 1.32. The van der Waals surface area contributed by atoms with Crippen LogP contribution in [0.2, 0.25) is 0 Å². The van der Waals surface area contributed by atoms with E-state index in [0.29, 0.717) is 0 Å². The van der Waals surface area contributed by atoms with Crippen molar-refractivity contribution in [3.8, 4) is 0 Å². The fourth-order valence-electron chi connectivity index (χ4n) is 1.32. The molecule has 17 heavy (non-hydrogen) atoms. The summed E-state index contributed by atoms with van der Waals surface area (Å²) in [6.45, 7) is 0. The molecule has 0 aliphatic heterocycles. The van der Waals surface area contributed by atoms with E-state index in [9.17, 15) is 26.3 Å². The highest BCUT2D eigenvalue weighted by molar-refractivity contribution is 6.33. The van der Waals surface area contributed by atoms with Crippen molar-refractivity contribution in [1.82, 2.24) is 4.98 Å². The molecule has 8 heteroatoms. The van der Waals surface area contributed by atoms with Crippen LogP contribution in [0.15, 0.2) is 0 Å². The quantitative estimate of drug-likeness (QED) is 0.299. The maximum absolute atomic E-state index is 13.3. The van der Waals surface area contributed by atoms with Crippen LogP contribution in [0.4, 0.5) is 26.3 Å². The summed E-state index contributed by atoms with van der Waals surface area (Å²) in [6.07, 6.45) is 0. The van der Waals surface area contributed by atoms with Gasteiger partial charge in [-0.25, -0.2) is 22.5 Å². The molecule has 0 aliphatic carbocycles. The zero-order valence-corrected chi connectivity index (χ0v) is 7.79. The van der Waals surface area contributed by atoms with Gasteiger partial charge >= 0.3 is 0 Å². The van der Waals surface area contributed by atoms with Gasteiger partial charge in [-0.05, 0) is 5.46 Å². The fraction of sp³-hybridized carbons (Fsp3) is 0. The number of fused-ring (bicyclic) bond motifs is 1. The molecule has 0 unspecified atom stereocenters. The predicted molar refractivity (Wildman–Crippen MR) is 46.9 cm³/mol. The molecular formula is C9BF6N. The molecule has 0 aliphatic rings. The van der Waals surface area contributed by atoms with Crippen molar-refractivity contribution in [1.29, 1.82) is 0 Å². The van der Waals surface area contributed by atoms with Crippen LogP contribution in [-0.2, 0) is 0 Å². The normalized spacial score (nSPS) is 11.2. The smallest absolute Gasteiger partial charge is 0.214 e. The number of aromatic nitrogens is 1. The second kappa shape index (κ2) is 3.64. The Morgan fingerprint density at radius 2 is 1.29 bits per heavy atom. The van der Waals surface area contributed by atoms with Gasteiger partial charge in [0.25, 0.3) is 5.95 Å². The van der Waals surface area contributed by atoms with E-state index < -0.39 is 51.4 Å². The first kappa shape index (κ1) is 11.8. The van der Waals surface area contributed by atoms with Crippen LogP contribution in [0, 0.1) is 35.0 Å². The number of nitrogens with zero attached hydrogens (tertiary/aromatic N) is 1. The lowest BCUT2D eigenvalue weighted by Gasteiger charge is -2.07. The number of pyridine rings is 1. The second-order valence-corrected chi connectivity index (χ2v) is 3.11. The van der Waals surface area contributed by atoms with Gasteiger partial charge in [0.1, 0.15) is 19.2 Å². The Morgan fingerprint density at radius 1 is 0.706 bits per heavy atom. The van der Waals surface area contributed by atoms with Crippen LogP contribution in [0.25, 0.3) is 10.9 Å². The first-order valence-corrected chi connectivity index (χ1v) is 4.12. The molecule has 2 rings (SSSR count). The van der Waals surface area contributed by atoms with E-state index in [1.54, 1.807) is 0 Å².